The van der Waals surface area contributed by atoms with Crippen LogP contribution in [0.15, 0.2) is 54.6 Å². The fraction of sp³-hybridized carbons (Fsp3) is 0.320. The molecule has 33 heavy (non-hydrogen) atoms. The summed E-state index contributed by atoms with van der Waals surface area (Å²) >= 11 is 0. The first kappa shape index (κ1) is 21.1. The van der Waals surface area contributed by atoms with E-state index in [2.05, 4.69) is 15.6 Å². The number of piperidine rings is 1. The summed E-state index contributed by atoms with van der Waals surface area (Å²) < 4.78 is 0. The molecule has 2 aromatic carbocycles. The third kappa shape index (κ3) is 4.41. The van der Waals surface area contributed by atoms with Crippen LogP contribution in [0, 0.1) is 5.92 Å². The third-order valence-electron chi connectivity index (χ3n) is 6.39. The number of carbonyl (C=O) groups excluding carboxylic acids is 3. The van der Waals surface area contributed by atoms with Crippen LogP contribution in [-0.2, 0) is 0 Å². The van der Waals surface area contributed by atoms with Gasteiger partial charge in [0.25, 0.3) is 11.8 Å². The topological polar surface area (TPSA) is 97.5 Å². The first-order chi connectivity index (χ1) is 16.1. The smallest absolute Gasteiger partial charge is 0.321 e. The van der Waals surface area contributed by atoms with Crippen LogP contribution in [0.1, 0.15) is 33.7 Å². The number of aromatic amines is 1. The number of benzene rings is 2. The van der Waals surface area contributed by atoms with Gasteiger partial charge in [-0.25, -0.2) is 4.79 Å². The van der Waals surface area contributed by atoms with Crippen LogP contribution in [0.25, 0.3) is 10.9 Å². The lowest BCUT2D eigenvalue weighted by atomic mass is 9.97. The molecule has 4 amide bonds. The molecule has 2 aliphatic heterocycles. The highest BCUT2D eigenvalue weighted by atomic mass is 16.2. The van der Waals surface area contributed by atoms with E-state index in [1.807, 2.05) is 47.4 Å². The summed E-state index contributed by atoms with van der Waals surface area (Å²) in [4.78, 5) is 44.4. The number of nitrogens with zero attached hydrogens (tertiary/aromatic N) is 2. The van der Waals surface area contributed by atoms with Crippen molar-refractivity contribution in [2.45, 2.75) is 12.8 Å². The average molecular weight is 446 g/mol. The maximum atomic E-state index is 13.2. The van der Waals surface area contributed by atoms with E-state index in [0.717, 1.165) is 29.4 Å². The van der Waals surface area contributed by atoms with Crippen LogP contribution in [0.5, 0.6) is 0 Å². The molecule has 0 unspecified atom stereocenters. The van der Waals surface area contributed by atoms with Gasteiger partial charge in [-0.15, -0.1) is 0 Å². The Balaban J connectivity index is 1.20. The van der Waals surface area contributed by atoms with Crippen molar-refractivity contribution in [2.75, 3.05) is 37.6 Å². The number of hydrogen-bond acceptors (Lipinski definition) is 3. The lowest BCUT2D eigenvalue weighted by Crippen LogP contribution is -2.43. The number of hydrogen-bond donors (Lipinski definition) is 3. The van der Waals surface area contributed by atoms with Gasteiger partial charge in [0, 0.05) is 54.9 Å². The second-order valence-electron chi connectivity index (χ2n) is 8.67. The molecule has 3 heterocycles. The summed E-state index contributed by atoms with van der Waals surface area (Å²) in [6.45, 7) is 3.01. The monoisotopic (exact) mass is 445 g/mol. The number of H-pyrrole nitrogens is 1. The standard InChI is InChI=1S/C25H27N5O3/c31-23(22-14-18-6-1-2-9-21(18)28-22)27-15-17-5-4-11-29(16-17)24(32)19-7-3-8-20(13-19)30-12-10-26-25(30)33/h1-3,6-9,13-14,17,28H,4-5,10-12,15-16H2,(H,26,33)(H,27,31)/t17-/m1/s1. The summed E-state index contributed by atoms with van der Waals surface area (Å²) in [5.41, 5.74) is 2.79. The SMILES string of the molecule is O=C(NC[C@H]1CCCN(C(=O)c2cccc(N3CCNC3=O)c2)C1)c1cc2ccccc2[nH]1. The number of likely N-dealkylation sites (tertiary alicyclic amines) is 1. The minimum Gasteiger partial charge on any atom is -0.351 e. The van der Waals surface area contributed by atoms with Crippen molar-refractivity contribution in [1.29, 1.82) is 0 Å². The number of carbonyl (C=O) groups is 3. The summed E-state index contributed by atoms with van der Waals surface area (Å²) in [6.07, 6.45) is 1.86. The zero-order chi connectivity index (χ0) is 22.8. The van der Waals surface area contributed by atoms with Crippen molar-refractivity contribution in [3.63, 3.8) is 0 Å². The first-order valence-corrected chi connectivity index (χ1v) is 11.4. The number of nitrogens with one attached hydrogen (secondary N) is 3. The van der Waals surface area contributed by atoms with Gasteiger partial charge >= 0.3 is 6.03 Å². The van der Waals surface area contributed by atoms with Crippen LogP contribution >= 0.6 is 0 Å². The van der Waals surface area contributed by atoms with Crippen molar-refractivity contribution < 1.29 is 14.4 Å². The molecule has 1 atom stereocenters. The quantitative estimate of drug-likeness (QED) is 0.563. The van der Waals surface area contributed by atoms with Gasteiger partial charge in [0.15, 0.2) is 0 Å². The lowest BCUT2D eigenvalue weighted by Gasteiger charge is -2.33. The molecule has 0 spiro atoms. The highest BCUT2D eigenvalue weighted by Crippen LogP contribution is 2.22. The summed E-state index contributed by atoms with van der Waals surface area (Å²) in [7, 11) is 0. The third-order valence-corrected chi connectivity index (χ3v) is 6.39. The molecule has 2 fully saturated rings. The number of amides is 4. The normalized spacial score (nSPS) is 18.4. The second-order valence-corrected chi connectivity index (χ2v) is 8.67. The molecular formula is C25H27N5O3. The second kappa shape index (κ2) is 8.97. The molecule has 1 aromatic heterocycles. The Bertz CT molecular complexity index is 1170. The molecule has 0 saturated carbocycles. The lowest BCUT2D eigenvalue weighted by molar-refractivity contribution is 0.0670. The van der Waals surface area contributed by atoms with Gasteiger partial charge in [-0.2, -0.15) is 0 Å². The van der Waals surface area contributed by atoms with Crippen molar-refractivity contribution in [2.24, 2.45) is 5.92 Å². The predicted molar refractivity (Wildman–Crippen MR) is 126 cm³/mol. The van der Waals surface area contributed by atoms with Crippen molar-refractivity contribution in [3.05, 3.63) is 65.9 Å². The Morgan fingerprint density at radius 1 is 1.06 bits per heavy atom. The van der Waals surface area contributed by atoms with Gasteiger partial charge in [-0.1, -0.05) is 24.3 Å². The molecule has 3 aromatic rings. The molecule has 2 aliphatic rings. The largest absolute Gasteiger partial charge is 0.351 e. The van der Waals surface area contributed by atoms with Gasteiger partial charge in [-0.3, -0.25) is 14.5 Å². The molecule has 2 saturated heterocycles. The number of urea groups is 1. The molecule has 8 nitrogen and oxygen atoms in total. The van der Waals surface area contributed by atoms with Crippen LogP contribution in [0.3, 0.4) is 0 Å². The average Bonchev–Trinajstić information content (AvgIpc) is 3.48. The van der Waals surface area contributed by atoms with Crippen LogP contribution in [0.2, 0.25) is 0 Å². The Kier molecular flexibility index (Phi) is 5.73. The highest BCUT2D eigenvalue weighted by molar-refractivity contribution is 5.99. The van der Waals surface area contributed by atoms with Crippen LogP contribution < -0.4 is 15.5 Å². The number of rotatable bonds is 5. The number of aromatic nitrogens is 1. The Morgan fingerprint density at radius 2 is 1.94 bits per heavy atom. The first-order valence-electron chi connectivity index (χ1n) is 11.4. The van der Waals surface area contributed by atoms with Crippen molar-refractivity contribution in [1.82, 2.24) is 20.5 Å². The minimum atomic E-state index is -0.136. The molecule has 0 radical (unpaired) electrons. The van der Waals surface area contributed by atoms with Crippen molar-refractivity contribution >= 4 is 34.4 Å². The fourth-order valence-electron chi connectivity index (χ4n) is 4.65. The van der Waals surface area contributed by atoms with E-state index in [4.69, 9.17) is 0 Å². The summed E-state index contributed by atoms with van der Waals surface area (Å²) in [6, 6.07) is 16.8. The van der Waals surface area contributed by atoms with Crippen molar-refractivity contribution in [3.8, 4) is 0 Å². The molecule has 8 heteroatoms. The molecule has 170 valence electrons. The molecule has 0 bridgehead atoms. The Labute approximate surface area is 191 Å². The Morgan fingerprint density at radius 3 is 2.76 bits per heavy atom. The number of anilines is 1. The fourth-order valence-corrected chi connectivity index (χ4v) is 4.65. The minimum absolute atomic E-state index is 0.0388. The maximum Gasteiger partial charge on any atom is 0.321 e. The molecule has 0 aliphatic carbocycles. The molecular weight excluding hydrogens is 418 g/mol. The number of para-hydroxylation sites is 1. The van der Waals surface area contributed by atoms with Gasteiger partial charge < -0.3 is 20.5 Å². The van der Waals surface area contributed by atoms with Gasteiger partial charge in [-0.05, 0) is 49.1 Å². The van der Waals surface area contributed by atoms with E-state index in [0.29, 0.717) is 44.0 Å². The van der Waals surface area contributed by atoms with E-state index >= 15 is 0 Å². The molecule has 5 rings (SSSR count). The van der Waals surface area contributed by atoms with E-state index < -0.39 is 0 Å². The molecule has 3 N–H and O–H groups in total. The van der Waals surface area contributed by atoms with Gasteiger partial charge in [0.2, 0.25) is 0 Å². The van der Waals surface area contributed by atoms with Crippen LogP contribution in [0.4, 0.5) is 10.5 Å². The summed E-state index contributed by atoms with van der Waals surface area (Å²) in [5, 5.41) is 6.81. The van der Waals surface area contributed by atoms with Gasteiger partial charge in [0.05, 0.1) is 0 Å². The summed E-state index contributed by atoms with van der Waals surface area (Å²) in [5.74, 6) is 0.0258. The zero-order valence-corrected chi connectivity index (χ0v) is 18.3. The van der Waals surface area contributed by atoms with Gasteiger partial charge in [0.1, 0.15) is 5.69 Å². The van der Waals surface area contributed by atoms with E-state index in [1.165, 1.54) is 0 Å². The van der Waals surface area contributed by atoms with E-state index in [-0.39, 0.29) is 23.8 Å². The zero-order valence-electron chi connectivity index (χ0n) is 18.3. The maximum absolute atomic E-state index is 13.2. The highest BCUT2D eigenvalue weighted by Gasteiger charge is 2.27. The number of fused-ring (bicyclic) bond motifs is 1. The van der Waals surface area contributed by atoms with Crippen LogP contribution in [-0.4, -0.2) is 60.5 Å². The van der Waals surface area contributed by atoms with E-state index in [9.17, 15) is 14.4 Å². The predicted octanol–water partition coefficient (Wildman–Crippen LogP) is 2.98. The van der Waals surface area contributed by atoms with E-state index in [1.54, 1.807) is 17.0 Å². The Hall–Kier alpha value is -3.81.